The summed E-state index contributed by atoms with van der Waals surface area (Å²) in [5.41, 5.74) is 0. The maximum Gasteiger partial charge on any atom is 0.305 e. The number of carbonyl (C=O) groups excluding carboxylic acids is 1. The number of esters is 1. The standard InChI is InChI=1S/C20H38O2.C16H32O2/c1-3-5-6-7-8-9-10-11-12-13-14-15-16-17-18-19-20(21)22-4-2;1-2-3-4-5-6-7-8-9-10-11-12-13-14-15-16(17)18/h11-12H,3-10,13-19H2,1-2H3;2-15H2,1H3,(H,17,18)/b12-11-;. The van der Waals surface area contributed by atoms with Gasteiger partial charge in [-0.2, -0.15) is 0 Å². The first-order valence-electron chi connectivity index (χ1n) is 17.6. The maximum absolute atomic E-state index is 11.1. The van der Waals surface area contributed by atoms with E-state index in [1.807, 2.05) is 6.92 Å². The van der Waals surface area contributed by atoms with Crippen LogP contribution in [0, 0.1) is 0 Å². The summed E-state index contributed by atoms with van der Waals surface area (Å²) in [4.78, 5) is 21.4. The van der Waals surface area contributed by atoms with Gasteiger partial charge in [-0.1, -0.05) is 154 Å². The first-order valence-corrected chi connectivity index (χ1v) is 17.6. The molecule has 0 bridgehead atoms. The van der Waals surface area contributed by atoms with Crippen molar-refractivity contribution in [3.05, 3.63) is 12.2 Å². The summed E-state index contributed by atoms with van der Waals surface area (Å²) in [6.45, 7) is 6.89. The molecule has 40 heavy (non-hydrogen) atoms. The van der Waals surface area contributed by atoms with Gasteiger partial charge in [0.2, 0.25) is 0 Å². The minimum atomic E-state index is -0.655. The van der Waals surface area contributed by atoms with Gasteiger partial charge in [-0.25, -0.2) is 0 Å². The van der Waals surface area contributed by atoms with Gasteiger partial charge in [0, 0.05) is 12.8 Å². The predicted molar refractivity (Wildman–Crippen MR) is 174 cm³/mol. The number of unbranched alkanes of at least 4 members (excludes halogenated alkanes) is 23. The van der Waals surface area contributed by atoms with Crippen molar-refractivity contribution in [1.82, 2.24) is 0 Å². The number of rotatable bonds is 30. The first-order chi connectivity index (χ1) is 19.6. The Labute approximate surface area is 250 Å². The van der Waals surface area contributed by atoms with Gasteiger partial charge < -0.3 is 9.84 Å². The largest absolute Gasteiger partial charge is 0.481 e. The van der Waals surface area contributed by atoms with E-state index >= 15 is 0 Å². The number of aliphatic carboxylic acids is 1. The molecule has 0 heterocycles. The van der Waals surface area contributed by atoms with Crippen LogP contribution in [0.1, 0.15) is 201 Å². The second-order valence-electron chi connectivity index (χ2n) is 11.5. The number of ether oxygens (including phenoxy) is 1. The van der Waals surface area contributed by atoms with Crippen LogP contribution in [-0.4, -0.2) is 23.7 Å². The van der Waals surface area contributed by atoms with Crippen molar-refractivity contribution in [2.45, 2.75) is 201 Å². The molecule has 0 aliphatic heterocycles. The molecule has 0 aliphatic rings. The van der Waals surface area contributed by atoms with E-state index in [9.17, 15) is 9.59 Å². The Bertz CT molecular complexity index is 529. The molecular formula is C36H70O4. The van der Waals surface area contributed by atoms with Gasteiger partial charge in [0.15, 0.2) is 0 Å². The van der Waals surface area contributed by atoms with E-state index in [1.165, 1.54) is 141 Å². The molecule has 0 spiro atoms. The molecule has 4 heteroatoms. The molecule has 0 aliphatic carbocycles. The summed E-state index contributed by atoms with van der Waals surface area (Å²) in [6, 6.07) is 0. The highest BCUT2D eigenvalue weighted by Gasteiger charge is 2.00. The van der Waals surface area contributed by atoms with Crippen LogP contribution in [0.4, 0.5) is 0 Å². The smallest absolute Gasteiger partial charge is 0.305 e. The van der Waals surface area contributed by atoms with Crippen molar-refractivity contribution in [3.63, 3.8) is 0 Å². The molecule has 1 N–H and O–H groups in total. The highest BCUT2D eigenvalue weighted by atomic mass is 16.5. The Morgan fingerprint density at radius 3 is 1.15 bits per heavy atom. The minimum Gasteiger partial charge on any atom is -0.481 e. The fourth-order valence-corrected chi connectivity index (χ4v) is 4.87. The van der Waals surface area contributed by atoms with Crippen molar-refractivity contribution in [3.8, 4) is 0 Å². The Kier molecular flexibility index (Phi) is 38.5. The molecule has 4 nitrogen and oxygen atoms in total. The van der Waals surface area contributed by atoms with E-state index in [0.717, 1.165) is 25.7 Å². The number of carboxylic acid groups (broad SMARTS) is 1. The van der Waals surface area contributed by atoms with Crippen LogP contribution >= 0.6 is 0 Å². The third-order valence-electron chi connectivity index (χ3n) is 7.44. The van der Waals surface area contributed by atoms with Crippen molar-refractivity contribution < 1.29 is 19.4 Å². The summed E-state index contributed by atoms with van der Waals surface area (Å²) in [7, 11) is 0. The summed E-state index contributed by atoms with van der Waals surface area (Å²) in [5, 5.41) is 8.49. The molecule has 0 aromatic heterocycles. The predicted octanol–water partition coefficient (Wildman–Crippen LogP) is 12.1. The van der Waals surface area contributed by atoms with Crippen LogP contribution in [0.5, 0.6) is 0 Å². The number of carbonyl (C=O) groups is 2. The Morgan fingerprint density at radius 2 is 0.800 bits per heavy atom. The topological polar surface area (TPSA) is 63.6 Å². The summed E-state index contributed by atoms with van der Waals surface area (Å²) >= 11 is 0. The van der Waals surface area contributed by atoms with Crippen LogP contribution < -0.4 is 0 Å². The van der Waals surface area contributed by atoms with Crippen LogP contribution in [-0.2, 0) is 14.3 Å². The Balaban J connectivity index is 0. The molecule has 0 aromatic rings. The lowest BCUT2D eigenvalue weighted by molar-refractivity contribution is -0.143. The SMILES string of the molecule is CCCCCCCC/C=C\CCCCCCCC(=O)OCC.CCCCCCCCCCCCCCCC(=O)O. The van der Waals surface area contributed by atoms with Crippen molar-refractivity contribution in [2.24, 2.45) is 0 Å². The molecule has 0 rings (SSSR count). The van der Waals surface area contributed by atoms with E-state index in [2.05, 4.69) is 26.0 Å². The van der Waals surface area contributed by atoms with E-state index < -0.39 is 5.97 Å². The van der Waals surface area contributed by atoms with E-state index in [4.69, 9.17) is 9.84 Å². The lowest BCUT2D eigenvalue weighted by Crippen LogP contribution is -2.03. The Morgan fingerprint density at radius 1 is 0.475 bits per heavy atom. The fraction of sp³-hybridized carbons (Fsp3) is 0.889. The fourth-order valence-electron chi connectivity index (χ4n) is 4.87. The zero-order chi connectivity index (χ0) is 29.8. The molecule has 238 valence electrons. The van der Waals surface area contributed by atoms with Gasteiger partial charge in [-0.05, 0) is 45.4 Å². The second kappa shape index (κ2) is 37.7. The summed E-state index contributed by atoms with van der Waals surface area (Å²) in [5.74, 6) is -0.696. The Hall–Kier alpha value is -1.32. The highest BCUT2D eigenvalue weighted by molar-refractivity contribution is 5.69. The lowest BCUT2D eigenvalue weighted by Gasteiger charge is -2.02. The molecule has 0 unspecified atom stereocenters. The number of hydrogen-bond acceptors (Lipinski definition) is 3. The van der Waals surface area contributed by atoms with Gasteiger partial charge >= 0.3 is 11.9 Å². The highest BCUT2D eigenvalue weighted by Crippen LogP contribution is 2.13. The average molecular weight is 567 g/mol. The van der Waals surface area contributed by atoms with Crippen LogP contribution in [0.2, 0.25) is 0 Å². The van der Waals surface area contributed by atoms with Crippen LogP contribution in [0.3, 0.4) is 0 Å². The van der Waals surface area contributed by atoms with Gasteiger partial charge in [-0.3, -0.25) is 9.59 Å². The quantitative estimate of drug-likeness (QED) is 0.0533. The summed E-state index contributed by atoms with van der Waals surface area (Å²) < 4.78 is 4.91. The maximum atomic E-state index is 11.1. The lowest BCUT2D eigenvalue weighted by atomic mass is 10.0. The molecule has 0 amide bonds. The van der Waals surface area contributed by atoms with Gasteiger partial charge in [0.25, 0.3) is 0 Å². The molecule has 0 saturated carbocycles. The normalized spacial score (nSPS) is 11.0. The minimum absolute atomic E-state index is 0.0415. The third kappa shape index (κ3) is 41.2. The van der Waals surface area contributed by atoms with Gasteiger partial charge in [-0.15, -0.1) is 0 Å². The van der Waals surface area contributed by atoms with Crippen molar-refractivity contribution in [1.29, 1.82) is 0 Å². The van der Waals surface area contributed by atoms with Gasteiger partial charge in [0.1, 0.15) is 0 Å². The zero-order valence-electron chi connectivity index (χ0n) is 27.3. The average Bonchev–Trinajstić information content (AvgIpc) is 2.94. The molecule has 0 radical (unpaired) electrons. The molecule has 0 fully saturated rings. The van der Waals surface area contributed by atoms with Gasteiger partial charge in [0.05, 0.1) is 6.61 Å². The van der Waals surface area contributed by atoms with Crippen molar-refractivity contribution in [2.75, 3.05) is 6.61 Å². The van der Waals surface area contributed by atoms with Crippen LogP contribution in [0.15, 0.2) is 12.2 Å². The van der Waals surface area contributed by atoms with E-state index in [0.29, 0.717) is 19.4 Å². The van der Waals surface area contributed by atoms with E-state index in [-0.39, 0.29) is 5.97 Å². The zero-order valence-corrected chi connectivity index (χ0v) is 27.3. The number of hydrogen-bond donors (Lipinski definition) is 1. The number of carboxylic acids is 1. The molecule has 0 saturated heterocycles. The van der Waals surface area contributed by atoms with E-state index in [1.54, 1.807) is 0 Å². The second-order valence-corrected chi connectivity index (χ2v) is 11.5. The monoisotopic (exact) mass is 567 g/mol. The molecular weight excluding hydrogens is 496 g/mol. The first kappa shape index (κ1) is 40.8. The molecule has 0 aromatic carbocycles. The van der Waals surface area contributed by atoms with Crippen LogP contribution in [0.25, 0.3) is 0 Å². The molecule has 0 atom stereocenters. The number of allylic oxidation sites excluding steroid dienone is 2. The van der Waals surface area contributed by atoms with Crippen molar-refractivity contribution >= 4 is 11.9 Å². The third-order valence-corrected chi connectivity index (χ3v) is 7.44. The summed E-state index contributed by atoms with van der Waals surface area (Å²) in [6.07, 6.45) is 39.3.